The zero-order chi connectivity index (χ0) is 34.5. The van der Waals surface area contributed by atoms with E-state index >= 15 is 0 Å². The molecule has 0 bridgehead atoms. The smallest absolute Gasteiger partial charge is 0.407 e. The number of carbonyl (C=O) groups is 4. The van der Waals surface area contributed by atoms with Crippen LogP contribution in [0.1, 0.15) is 77.6 Å². The molecule has 1 saturated heterocycles. The molecule has 13 nitrogen and oxygen atoms in total. The Morgan fingerprint density at radius 2 is 1.90 bits per heavy atom. The second-order valence-electron chi connectivity index (χ2n) is 13.4. The number of carboxylic acids is 1. The minimum absolute atomic E-state index is 0.0390. The molecule has 6 rings (SSSR count). The zero-order valence-electron chi connectivity index (χ0n) is 28.2. The molecular weight excluding hydrogens is 632 g/mol. The van der Waals surface area contributed by atoms with E-state index in [4.69, 9.17) is 18.9 Å². The van der Waals surface area contributed by atoms with Crippen molar-refractivity contribution in [3.63, 3.8) is 0 Å². The van der Waals surface area contributed by atoms with Gasteiger partial charge < -0.3 is 39.6 Å². The van der Waals surface area contributed by atoms with Gasteiger partial charge in [-0.3, -0.25) is 9.59 Å². The number of nitrogens with one attached hydrogen (secondary N) is 2. The van der Waals surface area contributed by atoms with E-state index in [9.17, 15) is 24.3 Å². The minimum Gasteiger partial charge on any atom is -0.494 e. The van der Waals surface area contributed by atoms with Crippen LogP contribution in [-0.4, -0.2) is 89.0 Å². The molecule has 0 radical (unpaired) electrons. The maximum Gasteiger partial charge on any atom is 0.407 e. The summed E-state index contributed by atoms with van der Waals surface area (Å²) in [6.45, 7) is 2.31. The molecule has 3 N–H and O–H groups in total. The summed E-state index contributed by atoms with van der Waals surface area (Å²) < 4.78 is 23.4. The third-order valence-electron chi connectivity index (χ3n) is 10.0. The van der Waals surface area contributed by atoms with Crippen molar-refractivity contribution in [3.05, 3.63) is 36.4 Å². The van der Waals surface area contributed by atoms with E-state index in [2.05, 4.69) is 15.6 Å². The summed E-state index contributed by atoms with van der Waals surface area (Å²) in [6, 6.07) is 5.66. The number of aromatic nitrogens is 1. The Kier molecular flexibility index (Phi) is 10.4. The highest BCUT2D eigenvalue weighted by Gasteiger charge is 2.61. The highest BCUT2D eigenvalue weighted by atomic mass is 16.6. The van der Waals surface area contributed by atoms with Gasteiger partial charge in [0.2, 0.25) is 17.7 Å². The fraction of sp³-hybridized carbons (Fsp3) is 0.583. The van der Waals surface area contributed by atoms with Gasteiger partial charge in [0, 0.05) is 36.3 Å². The second-order valence-corrected chi connectivity index (χ2v) is 13.4. The molecule has 3 heterocycles. The number of carboxylic acid groups (broad SMARTS) is 1. The Hall–Kier alpha value is -4.55. The number of fused-ring (bicyclic) bond motifs is 3. The summed E-state index contributed by atoms with van der Waals surface area (Å²) in [5, 5.41) is 16.5. The van der Waals surface area contributed by atoms with E-state index in [1.807, 2.05) is 31.2 Å². The van der Waals surface area contributed by atoms with Crippen molar-refractivity contribution in [2.24, 2.45) is 5.92 Å². The first-order valence-electron chi connectivity index (χ1n) is 17.5. The van der Waals surface area contributed by atoms with Crippen molar-refractivity contribution >= 4 is 34.8 Å². The number of pyridine rings is 1. The molecular formula is C36H46N4O9. The first-order valence-corrected chi connectivity index (χ1v) is 17.5. The topological polar surface area (TPSA) is 166 Å². The highest BCUT2D eigenvalue weighted by Crippen LogP contribution is 2.45. The molecule has 1 aromatic carbocycles. The summed E-state index contributed by atoms with van der Waals surface area (Å²) >= 11 is 0. The first kappa shape index (κ1) is 34.3. The monoisotopic (exact) mass is 678 g/mol. The number of nitrogens with zero attached hydrogens (tertiary/aromatic N) is 2. The third kappa shape index (κ3) is 7.70. The lowest BCUT2D eigenvalue weighted by atomic mass is 10.0. The molecule has 264 valence electrons. The molecule has 4 aliphatic rings. The largest absolute Gasteiger partial charge is 0.494 e. The molecule has 3 fully saturated rings. The third-order valence-corrected chi connectivity index (χ3v) is 10.0. The summed E-state index contributed by atoms with van der Waals surface area (Å²) in [5.41, 5.74) is -0.873. The van der Waals surface area contributed by atoms with Crippen LogP contribution in [-0.2, 0) is 19.1 Å². The van der Waals surface area contributed by atoms with Gasteiger partial charge in [0.1, 0.15) is 40.8 Å². The number of hydrogen-bond donors (Lipinski definition) is 3. The van der Waals surface area contributed by atoms with Gasteiger partial charge in [0.25, 0.3) is 0 Å². The molecule has 0 spiro atoms. The quantitative estimate of drug-likeness (QED) is 0.338. The second kappa shape index (κ2) is 14.9. The van der Waals surface area contributed by atoms with E-state index < -0.39 is 41.7 Å². The van der Waals surface area contributed by atoms with Crippen LogP contribution in [0.2, 0.25) is 0 Å². The van der Waals surface area contributed by atoms with Crippen LogP contribution in [0.4, 0.5) is 4.79 Å². The van der Waals surface area contributed by atoms with Gasteiger partial charge in [-0.15, -0.1) is 0 Å². The van der Waals surface area contributed by atoms with Gasteiger partial charge in [0.05, 0.1) is 20.3 Å². The maximum absolute atomic E-state index is 14.1. The Balaban J connectivity index is 1.27. The summed E-state index contributed by atoms with van der Waals surface area (Å²) in [6.07, 6.45) is 9.47. The standard InChI is InChI=1S/C36H46N4O9/c1-3-47-30-19-29(26-15-10-16-28(46-2)32(26)38-30)48-25-18-27-33(42)39-36(34(43)44)20-22(36)11-6-4-5-7-12-23(17-31(41)40(27)21-25)37-35(45)49-24-13-8-9-14-24/h6,10-11,15-16,19,22-25,27H,3-5,7-9,12-14,17-18,20-21H2,1-2H3,(H,37,45)(H,39,42)(H,43,44)/b11-6-/t22-,23-,25+,27-,36+/m0/s1. The molecule has 2 aliphatic heterocycles. The average molecular weight is 679 g/mol. The van der Waals surface area contributed by atoms with Crippen LogP contribution >= 0.6 is 0 Å². The molecule has 1 aromatic heterocycles. The summed E-state index contributed by atoms with van der Waals surface area (Å²) in [5.74, 6) is -0.995. The van der Waals surface area contributed by atoms with E-state index in [-0.39, 0.29) is 43.7 Å². The Morgan fingerprint density at radius 3 is 2.65 bits per heavy atom. The number of methoxy groups -OCH3 is 1. The van der Waals surface area contributed by atoms with Gasteiger partial charge in [-0.25, -0.2) is 14.6 Å². The van der Waals surface area contributed by atoms with Crippen LogP contribution in [0.25, 0.3) is 10.9 Å². The maximum atomic E-state index is 14.1. The van der Waals surface area contributed by atoms with E-state index in [0.717, 1.165) is 44.9 Å². The highest BCUT2D eigenvalue weighted by molar-refractivity contribution is 5.95. The van der Waals surface area contributed by atoms with E-state index in [0.29, 0.717) is 41.3 Å². The molecule has 3 amide bonds. The van der Waals surface area contributed by atoms with Crippen molar-refractivity contribution in [2.75, 3.05) is 20.3 Å². The number of allylic oxidation sites excluding steroid dienone is 1. The van der Waals surface area contributed by atoms with Gasteiger partial charge in [0.15, 0.2) is 0 Å². The Bertz CT molecular complexity index is 1590. The van der Waals surface area contributed by atoms with Crippen LogP contribution in [0.5, 0.6) is 17.4 Å². The van der Waals surface area contributed by atoms with Gasteiger partial charge in [-0.05, 0) is 70.4 Å². The Labute approximate surface area is 285 Å². The fourth-order valence-corrected chi connectivity index (χ4v) is 7.33. The normalized spacial score (nSPS) is 28.3. The number of rotatable bonds is 8. The number of aliphatic carboxylic acids is 1. The Morgan fingerprint density at radius 1 is 1.10 bits per heavy atom. The fourth-order valence-electron chi connectivity index (χ4n) is 7.33. The van der Waals surface area contributed by atoms with Crippen molar-refractivity contribution < 1.29 is 43.2 Å². The van der Waals surface area contributed by atoms with Crippen LogP contribution in [0.15, 0.2) is 36.4 Å². The van der Waals surface area contributed by atoms with Crippen molar-refractivity contribution in [2.45, 2.75) is 107 Å². The number of para-hydroxylation sites is 1. The number of alkyl carbamates (subject to hydrolysis) is 1. The van der Waals surface area contributed by atoms with Crippen molar-refractivity contribution in [3.8, 4) is 17.4 Å². The van der Waals surface area contributed by atoms with Gasteiger partial charge in [-0.2, -0.15) is 0 Å². The van der Waals surface area contributed by atoms with Gasteiger partial charge >= 0.3 is 12.1 Å². The average Bonchev–Trinajstić information content (AvgIpc) is 3.35. The molecule has 5 atom stereocenters. The number of carbonyl (C=O) groups excluding carboxylic acids is 3. The molecule has 2 saturated carbocycles. The predicted molar refractivity (Wildman–Crippen MR) is 179 cm³/mol. The number of ether oxygens (including phenoxy) is 4. The predicted octanol–water partition coefficient (Wildman–Crippen LogP) is 4.51. The van der Waals surface area contributed by atoms with Gasteiger partial charge in [-0.1, -0.05) is 24.6 Å². The molecule has 2 aliphatic carbocycles. The molecule has 0 unspecified atom stereocenters. The van der Waals surface area contributed by atoms with Crippen LogP contribution < -0.4 is 24.8 Å². The van der Waals surface area contributed by atoms with Crippen LogP contribution in [0, 0.1) is 5.92 Å². The van der Waals surface area contributed by atoms with E-state index in [1.165, 1.54) is 4.90 Å². The number of benzene rings is 1. The lowest BCUT2D eigenvalue weighted by molar-refractivity contribution is -0.145. The summed E-state index contributed by atoms with van der Waals surface area (Å²) in [7, 11) is 1.55. The zero-order valence-corrected chi connectivity index (χ0v) is 28.2. The molecule has 49 heavy (non-hydrogen) atoms. The minimum atomic E-state index is -1.42. The van der Waals surface area contributed by atoms with E-state index in [1.54, 1.807) is 19.2 Å². The lowest BCUT2D eigenvalue weighted by Gasteiger charge is -2.27. The van der Waals surface area contributed by atoms with Crippen molar-refractivity contribution in [1.82, 2.24) is 20.5 Å². The SMILES string of the molecule is CCOc1cc(O[C@@H]2C[C@H]3C(=O)N[C@]4(C(=O)O)C[C@@H]4/C=C\CCCC[C@H](NC(=O)OC4CCCC4)CC(=O)N3C2)c2cccc(OC)c2n1. The summed E-state index contributed by atoms with van der Waals surface area (Å²) in [4.78, 5) is 59.3. The first-order chi connectivity index (χ1) is 23.7. The molecule has 2 aromatic rings. The molecule has 13 heteroatoms. The lowest BCUT2D eigenvalue weighted by Crippen LogP contribution is -2.53. The number of amides is 3. The van der Waals surface area contributed by atoms with Crippen molar-refractivity contribution in [1.29, 1.82) is 0 Å². The van der Waals surface area contributed by atoms with Crippen LogP contribution in [0.3, 0.4) is 0 Å². The number of hydrogen-bond acceptors (Lipinski definition) is 9.